The molecule has 0 aliphatic rings. The van der Waals surface area contributed by atoms with E-state index in [9.17, 15) is 57.8 Å². The quantitative estimate of drug-likeness (QED) is 0.0273. The van der Waals surface area contributed by atoms with Crippen LogP contribution in [-0.4, -0.2) is 156 Å². The average molecular weight is 1180 g/mol. The Balaban J connectivity index is 1.35. The third-order valence-corrected chi connectivity index (χ3v) is 13.1. The molecule has 0 spiro atoms. The standard InChI is InChI=1S/C59H81N13O13/c1-35(2)26-45(70-57(81)46(67-38(6)73)27-39-16-10-8-11-17-39)55(79)63-31-49(74)68-44(20-14-15-25-61-41-21-23-43(85-7)24-22-41)54(78)62-33-51(76)72-52(36(3)4)58(82)64-32-50(75)69-47(29-42-30-60-34-65-42)56(80)66-37(5)53(77)71-48(59(83)84)28-40-18-12-9-13-19-40/h8-13,16-19,21-24,30,34-37,44-48,52,61H,14-15,20,25-29,31-33H2,1-7H3,(H,60,65)(H,62,78)(H,63,79)(H,64,82)(H,66,80)(H,67,73)(H,68,74)(H,69,75)(H,70,81)(H,71,77)(H,72,76)(H,83,84)/t37-,44-,45-,46-,47-,48-,52-/m0/s1. The minimum absolute atomic E-state index is 0.0160. The number of carboxylic acid groups (broad SMARTS) is 1. The first kappa shape index (κ1) is 68.1. The lowest BCUT2D eigenvalue weighted by atomic mass is 10.0. The summed E-state index contributed by atoms with van der Waals surface area (Å²) in [6.45, 7) is 8.21. The number of benzene rings is 3. The van der Waals surface area contributed by atoms with E-state index in [0.717, 1.165) is 11.3 Å². The van der Waals surface area contributed by atoms with Crippen molar-refractivity contribution in [1.82, 2.24) is 63.1 Å². The maximum Gasteiger partial charge on any atom is 0.326 e. The van der Waals surface area contributed by atoms with Gasteiger partial charge in [-0.05, 0) is 79.8 Å². The van der Waals surface area contributed by atoms with E-state index in [-0.39, 0.29) is 38.0 Å². The largest absolute Gasteiger partial charge is 0.497 e. The van der Waals surface area contributed by atoms with Crippen LogP contribution in [0.25, 0.3) is 0 Å². The first-order chi connectivity index (χ1) is 40.5. The van der Waals surface area contributed by atoms with Crippen LogP contribution >= 0.6 is 0 Å². The Kier molecular flexibility index (Phi) is 28.5. The van der Waals surface area contributed by atoms with Crippen LogP contribution in [0.2, 0.25) is 0 Å². The number of hydrogen-bond acceptors (Lipinski definition) is 14. The van der Waals surface area contributed by atoms with Crippen molar-refractivity contribution < 1.29 is 62.6 Å². The van der Waals surface area contributed by atoms with Gasteiger partial charge in [0.1, 0.15) is 48.0 Å². The molecule has 26 heteroatoms. The van der Waals surface area contributed by atoms with Gasteiger partial charge in [-0.1, -0.05) is 88.4 Å². The van der Waals surface area contributed by atoms with Crippen LogP contribution in [0.4, 0.5) is 5.69 Å². The fourth-order valence-electron chi connectivity index (χ4n) is 8.62. The second kappa shape index (κ2) is 35.6. The van der Waals surface area contributed by atoms with Crippen molar-refractivity contribution in [3.63, 3.8) is 0 Å². The Morgan fingerprint density at radius 3 is 1.59 bits per heavy atom. The molecule has 1 heterocycles. The van der Waals surface area contributed by atoms with Gasteiger partial charge >= 0.3 is 5.97 Å². The molecule has 13 N–H and O–H groups in total. The van der Waals surface area contributed by atoms with Gasteiger partial charge in [-0.25, -0.2) is 9.78 Å². The van der Waals surface area contributed by atoms with E-state index < -0.39 is 133 Å². The van der Waals surface area contributed by atoms with Crippen LogP contribution < -0.4 is 63.2 Å². The highest BCUT2D eigenvalue weighted by Crippen LogP contribution is 2.16. The fraction of sp³-hybridized carbons (Fsp3) is 0.458. The van der Waals surface area contributed by atoms with Crippen LogP contribution in [0.3, 0.4) is 0 Å². The first-order valence-corrected chi connectivity index (χ1v) is 28.1. The summed E-state index contributed by atoms with van der Waals surface area (Å²) in [5.74, 6) is -8.43. The number of ether oxygens (including phenoxy) is 1. The summed E-state index contributed by atoms with van der Waals surface area (Å²) in [6, 6.07) is 16.6. The molecule has 85 heavy (non-hydrogen) atoms. The summed E-state index contributed by atoms with van der Waals surface area (Å²) in [4.78, 5) is 152. The number of carbonyl (C=O) groups excluding carboxylic acids is 10. The number of aromatic nitrogens is 2. The number of nitrogens with zero attached hydrogens (tertiary/aromatic N) is 1. The van der Waals surface area contributed by atoms with Crippen molar-refractivity contribution >= 4 is 70.7 Å². The van der Waals surface area contributed by atoms with Gasteiger partial charge in [0.2, 0.25) is 59.1 Å². The molecule has 0 fully saturated rings. The third kappa shape index (κ3) is 25.4. The van der Waals surface area contributed by atoms with E-state index >= 15 is 0 Å². The van der Waals surface area contributed by atoms with Crippen molar-refractivity contribution in [1.29, 1.82) is 0 Å². The van der Waals surface area contributed by atoms with Crippen LogP contribution in [0.1, 0.15) is 84.0 Å². The number of aromatic amines is 1. The predicted molar refractivity (Wildman–Crippen MR) is 314 cm³/mol. The topological polar surface area (TPSA) is 378 Å². The molecule has 10 amide bonds. The number of imidazole rings is 1. The summed E-state index contributed by atoms with van der Waals surface area (Å²) in [6.07, 6.45) is 4.06. The summed E-state index contributed by atoms with van der Waals surface area (Å²) in [7, 11) is 1.56. The molecule has 460 valence electrons. The highest BCUT2D eigenvalue weighted by Gasteiger charge is 2.32. The van der Waals surface area contributed by atoms with Gasteiger partial charge in [0.25, 0.3) is 0 Å². The van der Waals surface area contributed by atoms with E-state index in [4.69, 9.17) is 4.74 Å². The van der Waals surface area contributed by atoms with Gasteiger partial charge in [0.05, 0.1) is 33.1 Å². The average Bonchev–Trinajstić information content (AvgIpc) is 4.18. The van der Waals surface area contributed by atoms with Crippen LogP contribution in [-0.2, 0) is 72.0 Å². The van der Waals surface area contributed by atoms with Gasteiger partial charge in [0, 0.05) is 50.3 Å². The van der Waals surface area contributed by atoms with Gasteiger partial charge in [-0.3, -0.25) is 47.9 Å². The number of H-pyrrole nitrogens is 1. The molecule has 0 saturated heterocycles. The smallest absolute Gasteiger partial charge is 0.326 e. The van der Waals surface area contributed by atoms with E-state index in [1.54, 1.807) is 87.7 Å². The number of nitrogens with one attached hydrogen (secondary N) is 12. The molecule has 0 aliphatic carbocycles. The Hall–Kier alpha value is -9.36. The van der Waals surface area contributed by atoms with E-state index in [0.29, 0.717) is 36.4 Å². The lowest BCUT2D eigenvalue weighted by Gasteiger charge is -2.24. The maximum absolute atomic E-state index is 13.8. The summed E-state index contributed by atoms with van der Waals surface area (Å²) in [5.41, 5.74) is 2.70. The zero-order valence-electron chi connectivity index (χ0n) is 49.0. The molecule has 0 saturated carbocycles. The molecule has 0 aliphatic heterocycles. The number of anilines is 1. The van der Waals surface area contributed by atoms with E-state index in [1.807, 2.05) is 32.0 Å². The molecule has 4 aromatic rings. The summed E-state index contributed by atoms with van der Waals surface area (Å²) >= 11 is 0. The Morgan fingerprint density at radius 1 is 0.541 bits per heavy atom. The Morgan fingerprint density at radius 2 is 1.06 bits per heavy atom. The third-order valence-electron chi connectivity index (χ3n) is 13.1. The molecule has 0 radical (unpaired) electrons. The SMILES string of the molecule is COc1ccc(NCCCC[C@H](NC(=O)CNC(=O)[C@H](CC(C)C)NC(=O)[C@H](Cc2ccccc2)NC(C)=O)C(=O)NCC(=O)N[C@H](C(=O)NCC(=O)N[C@@H](Cc2cnc[nH]2)C(=O)N[C@@H](C)C(=O)N[C@@H](Cc2ccccc2)C(=O)O)C(C)C)cc1. The highest BCUT2D eigenvalue weighted by molar-refractivity contribution is 5.97. The van der Waals surface area contributed by atoms with Gasteiger partial charge in [-0.2, -0.15) is 0 Å². The zero-order valence-corrected chi connectivity index (χ0v) is 49.0. The number of carbonyl (C=O) groups is 11. The lowest BCUT2D eigenvalue weighted by Crippen LogP contribution is -2.57. The molecule has 3 aromatic carbocycles. The van der Waals surface area contributed by atoms with Crippen molar-refractivity contribution in [2.45, 2.75) is 129 Å². The highest BCUT2D eigenvalue weighted by atomic mass is 16.5. The minimum Gasteiger partial charge on any atom is -0.497 e. The number of amides is 10. The van der Waals surface area contributed by atoms with E-state index in [1.165, 1.54) is 26.4 Å². The normalized spacial score (nSPS) is 13.4. The molecule has 0 unspecified atom stereocenters. The molecular formula is C59H81N13O13. The predicted octanol–water partition coefficient (Wildman–Crippen LogP) is 0.297. The molecule has 1 aromatic heterocycles. The van der Waals surface area contributed by atoms with Gasteiger partial charge < -0.3 is 73.3 Å². The van der Waals surface area contributed by atoms with Crippen LogP contribution in [0.15, 0.2) is 97.5 Å². The molecular weight excluding hydrogens is 1100 g/mol. The van der Waals surface area contributed by atoms with Gasteiger partial charge in [0.15, 0.2) is 0 Å². The van der Waals surface area contributed by atoms with E-state index in [2.05, 4.69) is 68.5 Å². The number of carboxylic acids is 1. The number of methoxy groups -OCH3 is 1. The maximum atomic E-state index is 13.8. The van der Waals surface area contributed by atoms with Gasteiger partial charge in [-0.15, -0.1) is 0 Å². The Bertz CT molecular complexity index is 2840. The summed E-state index contributed by atoms with van der Waals surface area (Å²) < 4.78 is 5.22. The molecule has 26 nitrogen and oxygen atoms in total. The minimum atomic E-state index is -1.31. The number of aliphatic carboxylic acids is 1. The van der Waals surface area contributed by atoms with Crippen molar-refractivity contribution in [2.24, 2.45) is 11.8 Å². The lowest BCUT2D eigenvalue weighted by molar-refractivity contribution is -0.142. The monoisotopic (exact) mass is 1180 g/mol. The second-order valence-electron chi connectivity index (χ2n) is 21.1. The first-order valence-electron chi connectivity index (χ1n) is 28.1. The van der Waals surface area contributed by atoms with Crippen molar-refractivity contribution in [3.05, 3.63) is 114 Å². The molecule has 0 bridgehead atoms. The van der Waals surface area contributed by atoms with Crippen molar-refractivity contribution in [3.8, 4) is 5.75 Å². The number of unbranched alkanes of at least 4 members (excludes halogenated alkanes) is 1. The fourth-order valence-corrected chi connectivity index (χ4v) is 8.62. The van der Waals surface area contributed by atoms with Crippen LogP contribution in [0, 0.1) is 11.8 Å². The second-order valence-corrected chi connectivity index (χ2v) is 21.1. The summed E-state index contributed by atoms with van der Waals surface area (Å²) in [5, 5.41) is 38.6. The molecule has 4 rings (SSSR count). The number of hydrogen-bond donors (Lipinski definition) is 13. The molecule has 7 atom stereocenters. The number of rotatable bonds is 36. The Labute approximate surface area is 494 Å². The zero-order chi connectivity index (χ0) is 62.4. The van der Waals surface area contributed by atoms with Crippen LogP contribution in [0.5, 0.6) is 5.75 Å². The van der Waals surface area contributed by atoms with Crippen molar-refractivity contribution in [2.75, 3.05) is 38.6 Å².